The Morgan fingerprint density at radius 3 is 2.63 bits per heavy atom. The molecular weight excluding hydrogens is 451 g/mol. The molecule has 0 saturated carbocycles. The number of rotatable bonds is 4. The molecule has 0 aromatic heterocycles. The molecule has 1 aliphatic heterocycles. The molecule has 0 radical (unpaired) electrons. The minimum atomic E-state index is 0. The van der Waals surface area contributed by atoms with E-state index in [9.17, 15) is 4.79 Å². The van der Waals surface area contributed by atoms with Crippen molar-refractivity contribution in [1.82, 2.24) is 10.6 Å². The predicted octanol–water partition coefficient (Wildman–Crippen LogP) is 3.26. The molecule has 0 fully saturated rings. The molecule has 2 N–H and O–H groups in total. The zero-order valence-electron chi connectivity index (χ0n) is 15.9. The highest BCUT2D eigenvalue weighted by Crippen LogP contribution is 2.26. The Morgan fingerprint density at radius 2 is 1.85 bits per heavy atom. The van der Waals surface area contributed by atoms with Crippen LogP contribution in [-0.2, 0) is 17.8 Å². The van der Waals surface area contributed by atoms with Gasteiger partial charge in [-0.15, -0.1) is 24.0 Å². The molecule has 0 atom stereocenters. The summed E-state index contributed by atoms with van der Waals surface area (Å²) >= 11 is 0. The summed E-state index contributed by atoms with van der Waals surface area (Å²) in [5, 5.41) is 6.41. The van der Waals surface area contributed by atoms with Crippen LogP contribution in [0.1, 0.15) is 23.1 Å². The van der Waals surface area contributed by atoms with Crippen molar-refractivity contribution in [3.8, 4) is 0 Å². The minimum Gasteiger partial charge on any atom is -0.352 e. The van der Waals surface area contributed by atoms with Crippen molar-refractivity contribution in [1.29, 1.82) is 0 Å². The van der Waals surface area contributed by atoms with Crippen LogP contribution in [0.4, 0.5) is 5.69 Å². The van der Waals surface area contributed by atoms with Crippen LogP contribution in [0.5, 0.6) is 0 Å². The summed E-state index contributed by atoms with van der Waals surface area (Å²) in [5.41, 5.74) is 4.73. The minimum absolute atomic E-state index is 0. The first-order chi connectivity index (χ1) is 12.7. The maximum atomic E-state index is 12.7. The van der Waals surface area contributed by atoms with Gasteiger partial charge in [0.05, 0.1) is 6.54 Å². The number of halogens is 1. The third-order valence-corrected chi connectivity index (χ3v) is 4.75. The zero-order chi connectivity index (χ0) is 18.4. The van der Waals surface area contributed by atoms with Crippen molar-refractivity contribution in [2.24, 2.45) is 4.99 Å². The first-order valence-electron chi connectivity index (χ1n) is 9.06. The normalized spacial score (nSPS) is 13.4. The molecule has 2 aromatic rings. The summed E-state index contributed by atoms with van der Waals surface area (Å²) < 4.78 is 0. The van der Waals surface area contributed by atoms with E-state index in [1.54, 1.807) is 7.05 Å². The first-order valence-corrected chi connectivity index (χ1v) is 9.06. The number of hydrogen-bond acceptors (Lipinski definition) is 2. The Hall–Kier alpha value is -2.09. The number of fused-ring (bicyclic) bond motifs is 1. The summed E-state index contributed by atoms with van der Waals surface area (Å²) in [6.07, 6.45) is 2.04. The second-order valence-corrected chi connectivity index (χ2v) is 6.48. The number of nitrogens with zero attached hydrogens (tertiary/aromatic N) is 2. The van der Waals surface area contributed by atoms with Crippen LogP contribution in [0.15, 0.2) is 53.5 Å². The molecule has 6 heteroatoms. The van der Waals surface area contributed by atoms with Gasteiger partial charge in [0.1, 0.15) is 0 Å². The summed E-state index contributed by atoms with van der Waals surface area (Å²) in [6.45, 7) is 3.76. The molecule has 0 spiro atoms. The van der Waals surface area contributed by atoms with Gasteiger partial charge in [-0.05, 0) is 42.5 Å². The van der Waals surface area contributed by atoms with E-state index in [2.05, 4.69) is 40.7 Å². The number of para-hydroxylation sites is 1. The van der Waals surface area contributed by atoms with Crippen molar-refractivity contribution in [2.75, 3.05) is 25.0 Å². The number of carbonyl (C=O) groups is 1. The highest BCUT2D eigenvalue weighted by atomic mass is 127. The second-order valence-electron chi connectivity index (χ2n) is 6.48. The van der Waals surface area contributed by atoms with Gasteiger partial charge in [0.25, 0.3) is 0 Å². The maximum Gasteiger partial charge on any atom is 0.246 e. The Morgan fingerprint density at radius 1 is 1.11 bits per heavy atom. The lowest BCUT2D eigenvalue weighted by Gasteiger charge is -2.29. The van der Waals surface area contributed by atoms with Crippen molar-refractivity contribution in [3.05, 3.63) is 65.2 Å². The van der Waals surface area contributed by atoms with Crippen LogP contribution in [-0.4, -0.2) is 32.0 Å². The number of aliphatic imine (C=N–C) groups is 1. The van der Waals surface area contributed by atoms with Gasteiger partial charge in [-0.1, -0.05) is 42.5 Å². The molecule has 5 nitrogen and oxygen atoms in total. The molecule has 27 heavy (non-hydrogen) atoms. The Kier molecular flexibility index (Phi) is 8.09. The number of carbonyl (C=O) groups excluding carboxylic acids is 1. The summed E-state index contributed by atoms with van der Waals surface area (Å²) in [7, 11) is 1.72. The van der Waals surface area contributed by atoms with E-state index in [0.717, 1.165) is 25.1 Å². The van der Waals surface area contributed by atoms with Crippen LogP contribution in [0.2, 0.25) is 0 Å². The molecule has 1 aliphatic rings. The topological polar surface area (TPSA) is 56.7 Å². The standard InChI is InChI=1S/C21H26N4O.HI/c1-16-8-3-4-10-18(16)14-23-21(22-2)24-15-20(26)25-13-7-11-17-9-5-6-12-19(17)25;/h3-6,8-10,12H,7,11,13-15H2,1-2H3,(H2,22,23,24);1H. The van der Waals surface area contributed by atoms with Gasteiger partial charge in [-0.3, -0.25) is 9.79 Å². The lowest BCUT2D eigenvalue weighted by Crippen LogP contribution is -2.45. The SMILES string of the molecule is CN=C(NCC(=O)N1CCCc2ccccc21)NCc1ccccc1C.I. The van der Waals surface area contributed by atoms with Crippen LogP contribution in [0, 0.1) is 6.92 Å². The van der Waals surface area contributed by atoms with E-state index in [1.165, 1.54) is 16.7 Å². The summed E-state index contributed by atoms with van der Waals surface area (Å²) in [4.78, 5) is 18.8. The van der Waals surface area contributed by atoms with Gasteiger partial charge in [0.15, 0.2) is 5.96 Å². The molecule has 0 aliphatic carbocycles. The van der Waals surface area contributed by atoms with Gasteiger partial charge in [-0.2, -0.15) is 0 Å². The molecule has 1 heterocycles. The summed E-state index contributed by atoms with van der Waals surface area (Å²) in [5.74, 6) is 0.697. The van der Waals surface area contributed by atoms with E-state index in [1.807, 2.05) is 35.2 Å². The largest absolute Gasteiger partial charge is 0.352 e. The highest BCUT2D eigenvalue weighted by Gasteiger charge is 2.21. The average molecular weight is 478 g/mol. The van der Waals surface area contributed by atoms with Gasteiger partial charge in [-0.25, -0.2) is 0 Å². The number of benzene rings is 2. The number of hydrogen-bond donors (Lipinski definition) is 2. The Labute approximate surface area is 178 Å². The van der Waals surface area contributed by atoms with Crippen LogP contribution in [0.25, 0.3) is 0 Å². The number of guanidine groups is 1. The molecule has 3 rings (SSSR count). The third-order valence-electron chi connectivity index (χ3n) is 4.75. The molecule has 144 valence electrons. The van der Waals surface area contributed by atoms with Crippen molar-refractivity contribution < 1.29 is 4.79 Å². The zero-order valence-corrected chi connectivity index (χ0v) is 18.2. The fourth-order valence-corrected chi connectivity index (χ4v) is 3.26. The van der Waals surface area contributed by atoms with Crippen LogP contribution in [0.3, 0.4) is 0 Å². The van der Waals surface area contributed by atoms with Gasteiger partial charge in [0.2, 0.25) is 5.91 Å². The smallest absolute Gasteiger partial charge is 0.246 e. The van der Waals surface area contributed by atoms with E-state index < -0.39 is 0 Å². The first kappa shape index (κ1) is 21.2. The molecular formula is C21H27IN4O. The van der Waals surface area contributed by atoms with Crippen LogP contribution >= 0.6 is 24.0 Å². The average Bonchev–Trinajstić information content (AvgIpc) is 2.68. The molecule has 1 amide bonds. The molecule has 0 bridgehead atoms. The van der Waals surface area contributed by atoms with Crippen molar-refractivity contribution in [3.63, 3.8) is 0 Å². The molecule has 0 saturated heterocycles. The van der Waals surface area contributed by atoms with Gasteiger partial charge in [0, 0.05) is 25.8 Å². The van der Waals surface area contributed by atoms with Crippen LogP contribution < -0.4 is 15.5 Å². The van der Waals surface area contributed by atoms with Crippen molar-refractivity contribution in [2.45, 2.75) is 26.3 Å². The Balaban J connectivity index is 0.00000261. The van der Waals surface area contributed by atoms with Gasteiger partial charge < -0.3 is 15.5 Å². The number of nitrogens with one attached hydrogen (secondary N) is 2. The van der Waals surface area contributed by atoms with Crippen molar-refractivity contribution >= 4 is 41.5 Å². The van der Waals surface area contributed by atoms with E-state index in [4.69, 9.17) is 0 Å². The lowest BCUT2D eigenvalue weighted by atomic mass is 10.0. The highest BCUT2D eigenvalue weighted by molar-refractivity contribution is 14.0. The number of amides is 1. The van der Waals surface area contributed by atoms with E-state index in [0.29, 0.717) is 12.5 Å². The second kappa shape index (κ2) is 10.3. The third kappa shape index (κ3) is 5.45. The fourth-order valence-electron chi connectivity index (χ4n) is 3.26. The predicted molar refractivity (Wildman–Crippen MR) is 122 cm³/mol. The van der Waals surface area contributed by atoms with E-state index >= 15 is 0 Å². The Bertz CT molecular complexity index is 806. The van der Waals surface area contributed by atoms with E-state index in [-0.39, 0.29) is 36.4 Å². The fraction of sp³-hybridized carbons (Fsp3) is 0.333. The van der Waals surface area contributed by atoms with Gasteiger partial charge >= 0.3 is 0 Å². The monoisotopic (exact) mass is 478 g/mol. The number of aryl methyl sites for hydroxylation is 2. The summed E-state index contributed by atoms with van der Waals surface area (Å²) in [6, 6.07) is 16.4. The lowest BCUT2D eigenvalue weighted by molar-refractivity contribution is -0.117. The molecule has 2 aromatic carbocycles. The quantitative estimate of drug-likeness (QED) is 0.403. The number of anilines is 1. The molecule has 0 unspecified atom stereocenters. The maximum absolute atomic E-state index is 12.7.